The predicted molar refractivity (Wildman–Crippen MR) is 101 cm³/mol. The first-order valence-corrected chi connectivity index (χ1v) is 8.12. The Morgan fingerprint density at radius 1 is 1.11 bits per heavy atom. The van der Waals surface area contributed by atoms with Crippen molar-refractivity contribution in [2.45, 2.75) is 0 Å². The van der Waals surface area contributed by atoms with Gasteiger partial charge in [0.2, 0.25) is 0 Å². The summed E-state index contributed by atoms with van der Waals surface area (Å²) in [6.45, 7) is 0. The Morgan fingerprint density at radius 2 is 1.96 bits per heavy atom. The Kier molecular flexibility index (Phi) is 4.24. The van der Waals surface area contributed by atoms with E-state index in [1.165, 1.54) is 36.4 Å². The highest BCUT2D eigenvalue weighted by Crippen LogP contribution is 2.29. The molecular formula is C19H12FN5O3. The van der Waals surface area contributed by atoms with Crippen LogP contribution in [0.2, 0.25) is 0 Å². The molecule has 8 nitrogen and oxygen atoms in total. The number of rotatable bonds is 4. The number of nitrogens with two attached hydrogens (primary N) is 1. The number of hydrogen-bond acceptors (Lipinski definition) is 7. The van der Waals surface area contributed by atoms with Gasteiger partial charge < -0.3 is 10.2 Å². The molecule has 3 aromatic heterocycles. The Labute approximate surface area is 157 Å². The van der Waals surface area contributed by atoms with Gasteiger partial charge in [-0.3, -0.25) is 15.1 Å². The Hall–Kier alpha value is -4.14. The van der Waals surface area contributed by atoms with Crippen LogP contribution in [0.4, 0.5) is 16.0 Å². The first-order valence-electron chi connectivity index (χ1n) is 8.12. The van der Waals surface area contributed by atoms with E-state index in [4.69, 9.17) is 10.2 Å². The first kappa shape index (κ1) is 17.3. The molecule has 0 spiro atoms. The molecule has 0 radical (unpaired) electrons. The monoisotopic (exact) mass is 377 g/mol. The van der Waals surface area contributed by atoms with Crippen molar-refractivity contribution in [1.82, 2.24) is 15.0 Å². The summed E-state index contributed by atoms with van der Waals surface area (Å²) in [4.78, 5) is 23.2. The van der Waals surface area contributed by atoms with Crippen LogP contribution >= 0.6 is 0 Å². The molecule has 0 saturated heterocycles. The summed E-state index contributed by atoms with van der Waals surface area (Å²) in [5.74, 6) is -0.309. The minimum absolute atomic E-state index is 0.247. The molecule has 4 aromatic rings. The van der Waals surface area contributed by atoms with Gasteiger partial charge in [0, 0.05) is 17.6 Å². The SMILES string of the molecule is Nc1cccnc1-c1nc(/C=C/c2ccc([N+](=O)[O-])o2)nc2cc(F)ccc12. The molecule has 0 aliphatic heterocycles. The summed E-state index contributed by atoms with van der Waals surface area (Å²) in [6, 6.07) is 10.3. The number of nitrogen functional groups attached to an aromatic ring is 1. The van der Waals surface area contributed by atoms with Gasteiger partial charge in [0.05, 0.1) is 17.3 Å². The van der Waals surface area contributed by atoms with Gasteiger partial charge in [-0.15, -0.1) is 0 Å². The summed E-state index contributed by atoms with van der Waals surface area (Å²) < 4.78 is 18.8. The van der Waals surface area contributed by atoms with Crippen molar-refractivity contribution in [2.75, 3.05) is 5.73 Å². The number of benzene rings is 1. The summed E-state index contributed by atoms with van der Waals surface area (Å²) in [5.41, 5.74) is 7.72. The standard InChI is InChI=1S/C19H12FN5O3/c20-11-3-6-13-15(10-11)23-16(7-4-12-5-8-17(28-12)25(26)27)24-18(13)19-14(21)2-1-9-22-19/h1-10H,21H2/b7-4+. The Morgan fingerprint density at radius 3 is 2.71 bits per heavy atom. The number of furan rings is 1. The molecule has 138 valence electrons. The lowest BCUT2D eigenvalue weighted by Gasteiger charge is -2.08. The van der Waals surface area contributed by atoms with Gasteiger partial charge in [-0.25, -0.2) is 14.4 Å². The van der Waals surface area contributed by atoms with Crippen molar-refractivity contribution >= 4 is 34.6 Å². The average Bonchev–Trinajstić information content (AvgIpc) is 3.15. The van der Waals surface area contributed by atoms with Gasteiger partial charge in [-0.05, 0) is 42.5 Å². The van der Waals surface area contributed by atoms with Crippen molar-refractivity contribution in [3.05, 3.63) is 76.2 Å². The third-order valence-electron chi connectivity index (χ3n) is 3.93. The van der Waals surface area contributed by atoms with Gasteiger partial charge >= 0.3 is 5.88 Å². The highest BCUT2D eigenvalue weighted by Gasteiger charge is 2.14. The summed E-state index contributed by atoms with van der Waals surface area (Å²) in [6.07, 6.45) is 4.58. The molecule has 28 heavy (non-hydrogen) atoms. The first-order chi connectivity index (χ1) is 13.5. The number of pyridine rings is 1. The molecule has 0 aliphatic rings. The van der Waals surface area contributed by atoms with Gasteiger partial charge in [0.1, 0.15) is 27.9 Å². The highest BCUT2D eigenvalue weighted by molar-refractivity contribution is 5.94. The number of nitrogens with zero attached hydrogens (tertiary/aromatic N) is 4. The fourth-order valence-electron chi connectivity index (χ4n) is 2.68. The lowest BCUT2D eigenvalue weighted by Crippen LogP contribution is -1.99. The lowest BCUT2D eigenvalue weighted by molar-refractivity contribution is -0.402. The summed E-state index contributed by atoms with van der Waals surface area (Å²) in [7, 11) is 0. The second kappa shape index (κ2) is 6.88. The maximum atomic E-state index is 13.7. The second-order valence-corrected chi connectivity index (χ2v) is 5.80. The third-order valence-corrected chi connectivity index (χ3v) is 3.93. The van der Waals surface area contributed by atoms with E-state index in [0.717, 1.165) is 0 Å². The fourth-order valence-corrected chi connectivity index (χ4v) is 2.68. The van der Waals surface area contributed by atoms with Crippen molar-refractivity contribution in [3.8, 4) is 11.4 Å². The van der Waals surface area contributed by atoms with E-state index in [1.54, 1.807) is 24.4 Å². The number of aromatic nitrogens is 3. The molecule has 0 amide bonds. The summed E-state index contributed by atoms with van der Waals surface area (Å²) in [5, 5.41) is 11.3. The van der Waals surface area contributed by atoms with Gasteiger partial charge in [-0.1, -0.05) is 0 Å². The van der Waals surface area contributed by atoms with Crippen LogP contribution < -0.4 is 5.73 Å². The van der Waals surface area contributed by atoms with Crippen LogP contribution in [0.1, 0.15) is 11.6 Å². The van der Waals surface area contributed by atoms with Crippen molar-refractivity contribution in [1.29, 1.82) is 0 Å². The quantitative estimate of drug-likeness (QED) is 0.420. The molecule has 4 rings (SSSR count). The normalized spacial score (nSPS) is 11.3. The number of nitro groups is 1. The van der Waals surface area contributed by atoms with Crippen molar-refractivity contribution in [2.24, 2.45) is 0 Å². The van der Waals surface area contributed by atoms with E-state index in [2.05, 4.69) is 15.0 Å². The largest absolute Gasteiger partial charge is 0.433 e. The number of hydrogen-bond donors (Lipinski definition) is 1. The topological polar surface area (TPSA) is 121 Å². The van der Waals surface area contributed by atoms with Crippen LogP contribution in [-0.2, 0) is 0 Å². The fraction of sp³-hybridized carbons (Fsp3) is 0. The van der Waals surface area contributed by atoms with Gasteiger partial charge in [0.25, 0.3) is 0 Å². The molecule has 0 unspecified atom stereocenters. The molecule has 0 fully saturated rings. The zero-order valence-electron chi connectivity index (χ0n) is 14.2. The van der Waals surface area contributed by atoms with E-state index in [1.807, 2.05) is 0 Å². The minimum atomic E-state index is -0.630. The molecular weight excluding hydrogens is 365 g/mol. The van der Waals surface area contributed by atoms with E-state index in [9.17, 15) is 14.5 Å². The van der Waals surface area contributed by atoms with Crippen LogP contribution in [0, 0.1) is 15.9 Å². The van der Waals surface area contributed by atoms with Gasteiger partial charge in [-0.2, -0.15) is 0 Å². The van der Waals surface area contributed by atoms with E-state index in [0.29, 0.717) is 28.0 Å². The summed E-state index contributed by atoms with van der Waals surface area (Å²) >= 11 is 0. The zero-order chi connectivity index (χ0) is 19.7. The second-order valence-electron chi connectivity index (χ2n) is 5.80. The molecule has 0 bridgehead atoms. The molecule has 2 N–H and O–H groups in total. The van der Waals surface area contributed by atoms with E-state index < -0.39 is 10.7 Å². The Balaban J connectivity index is 1.83. The molecule has 1 aromatic carbocycles. The Bertz CT molecular complexity index is 1240. The predicted octanol–water partition coefficient (Wildman–Crippen LogP) is 4.08. The van der Waals surface area contributed by atoms with Crippen LogP contribution in [0.3, 0.4) is 0 Å². The maximum absolute atomic E-state index is 13.7. The molecule has 9 heteroatoms. The maximum Gasteiger partial charge on any atom is 0.433 e. The lowest BCUT2D eigenvalue weighted by atomic mass is 10.1. The zero-order valence-corrected chi connectivity index (χ0v) is 14.2. The molecule has 0 saturated carbocycles. The third kappa shape index (κ3) is 3.28. The number of fused-ring (bicyclic) bond motifs is 1. The van der Waals surface area contributed by atoms with E-state index >= 15 is 0 Å². The molecule has 0 aliphatic carbocycles. The van der Waals surface area contributed by atoms with Crippen LogP contribution in [0.5, 0.6) is 0 Å². The smallest absolute Gasteiger partial charge is 0.401 e. The number of halogens is 1. The van der Waals surface area contributed by atoms with Crippen LogP contribution in [0.15, 0.2) is 53.1 Å². The van der Waals surface area contributed by atoms with Crippen LogP contribution in [0.25, 0.3) is 34.4 Å². The average molecular weight is 377 g/mol. The van der Waals surface area contributed by atoms with Gasteiger partial charge in [0.15, 0.2) is 5.82 Å². The molecule has 3 heterocycles. The number of anilines is 1. The van der Waals surface area contributed by atoms with Crippen molar-refractivity contribution in [3.63, 3.8) is 0 Å². The molecule has 0 atom stereocenters. The van der Waals surface area contributed by atoms with Crippen LogP contribution in [-0.4, -0.2) is 19.9 Å². The minimum Gasteiger partial charge on any atom is -0.401 e. The van der Waals surface area contributed by atoms with E-state index in [-0.39, 0.29) is 17.5 Å². The van der Waals surface area contributed by atoms with Crippen molar-refractivity contribution < 1.29 is 13.7 Å². The highest BCUT2D eigenvalue weighted by atomic mass is 19.1.